The molecule has 1 aliphatic carbocycles. The molecular formula is C14H28B. The van der Waals surface area contributed by atoms with Crippen LogP contribution in [-0.2, 0) is 0 Å². The first kappa shape index (κ1) is 13.1. The first-order chi connectivity index (χ1) is 7.19. The third kappa shape index (κ3) is 3.85. The fourth-order valence-electron chi connectivity index (χ4n) is 2.80. The molecule has 0 aromatic rings. The van der Waals surface area contributed by atoms with E-state index in [9.17, 15) is 0 Å². The zero-order chi connectivity index (χ0) is 11.3. The number of hydrogen-bond donors (Lipinski definition) is 0. The Labute approximate surface area is 97.5 Å². The molecule has 1 heteroatoms. The quantitative estimate of drug-likeness (QED) is 0.526. The Kier molecular flexibility index (Phi) is 5.78. The van der Waals surface area contributed by atoms with Crippen LogP contribution in [0.25, 0.3) is 0 Å². The maximum Gasteiger partial charge on any atom is 0.113 e. The zero-order valence-electron chi connectivity index (χ0n) is 11.1. The summed E-state index contributed by atoms with van der Waals surface area (Å²) in [6.45, 7) is 9.43. The van der Waals surface area contributed by atoms with Crippen molar-refractivity contribution in [2.24, 2.45) is 17.8 Å². The van der Waals surface area contributed by atoms with E-state index in [-0.39, 0.29) is 0 Å². The second-order valence-electron chi connectivity index (χ2n) is 5.63. The normalized spacial score (nSPS) is 29.3. The van der Waals surface area contributed by atoms with Crippen LogP contribution in [0.15, 0.2) is 0 Å². The summed E-state index contributed by atoms with van der Waals surface area (Å²) in [5.74, 6) is 3.83. The van der Waals surface area contributed by atoms with E-state index in [2.05, 4.69) is 35.0 Å². The van der Waals surface area contributed by atoms with Gasteiger partial charge in [-0.25, -0.2) is 0 Å². The highest BCUT2D eigenvalue weighted by Gasteiger charge is 2.33. The van der Waals surface area contributed by atoms with Crippen LogP contribution in [0.2, 0.25) is 12.1 Å². The Balaban J connectivity index is 2.19. The summed E-state index contributed by atoms with van der Waals surface area (Å²) in [5, 5.41) is 0. The predicted molar refractivity (Wildman–Crippen MR) is 70.6 cm³/mol. The van der Waals surface area contributed by atoms with Crippen molar-refractivity contribution in [2.45, 2.75) is 71.9 Å². The maximum atomic E-state index is 2.60. The second-order valence-corrected chi connectivity index (χ2v) is 5.63. The van der Waals surface area contributed by atoms with Gasteiger partial charge in [0.2, 0.25) is 0 Å². The fraction of sp³-hybridized carbons (Fsp3) is 1.00. The van der Waals surface area contributed by atoms with Crippen LogP contribution in [0.5, 0.6) is 0 Å². The molecule has 1 fully saturated rings. The molecule has 4 atom stereocenters. The van der Waals surface area contributed by atoms with Crippen LogP contribution in [-0.4, -0.2) is 7.28 Å². The van der Waals surface area contributed by atoms with Crippen LogP contribution < -0.4 is 0 Å². The molecule has 0 aromatic carbocycles. The zero-order valence-corrected chi connectivity index (χ0v) is 11.1. The highest BCUT2D eigenvalue weighted by atomic mass is 14.4. The summed E-state index contributed by atoms with van der Waals surface area (Å²) in [5.41, 5.74) is 0. The van der Waals surface area contributed by atoms with Gasteiger partial charge in [0.05, 0.1) is 0 Å². The van der Waals surface area contributed by atoms with Crippen molar-refractivity contribution in [3.63, 3.8) is 0 Å². The first-order valence-corrected chi connectivity index (χ1v) is 7.02. The van der Waals surface area contributed by atoms with Gasteiger partial charge in [0.15, 0.2) is 0 Å². The minimum atomic E-state index is 0.865. The molecule has 0 amide bonds. The predicted octanol–water partition coefficient (Wildman–Crippen LogP) is 4.79. The van der Waals surface area contributed by atoms with Crippen molar-refractivity contribution in [1.82, 2.24) is 0 Å². The molecule has 1 saturated carbocycles. The van der Waals surface area contributed by atoms with E-state index < -0.39 is 0 Å². The van der Waals surface area contributed by atoms with Crippen molar-refractivity contribution in [3.05, 3.63) is 0 Å². The Bertz CT molecular complexity index is 167. The average Bonchev–Trinajstić information content (AvgIpc) is 2.20. The van der Waals surface area contributed by atoms with Gasteiger partial charge in [-0.3, -0.25) is 0 Å². The van der Waals surface area contributed by atoms with Crippen molar-refractivity contribution in [2.75, 3.05) is 0 Å². The molecule has 0 aliphatic heterocycles. The summed E-state index contributed by atoms with van der Waals surface area (Å²) in [7, 11) is 2.60. The van der Waals surface area contributed by atoms with Gasteiger partial charge in [0, 0.05) is 0 Å². The Morgan fingerprint density at radius 1 is 1.20 bits per heavy atom. The molecular weight excluding hydrogens is 179 g/mol. The SMILES string of the molecule is CCCC1CCC1C(C)[B]CC(C)CC. The van der Waals surface area contributed by atoms with Crippen LogP contribution in [0.1, 0.15) is 59.8 Å². The van der Waals surface area contributed by atoms with E-state index >= 15 is 0 Å². The van der Waals surface area contributed by atoms with Crippen molar-refractivity contribution < 1.29 is 0 Å². The van der Waals surface area contributed by atoms with Crippen molar-refractivity contribution in [1.29, 1.82) is 0 Å². The van der Waals surface area contributed by atoms with E-state index in [4.69, 9.17) is 0 Å². The first-order valence-electron chi connectivity index (χ1n) is 7.02. The molecule has 15 heavy (non-hydrogen) atoms. The topological polar surface area (TPSA) is 0 Å². The lowest BCUT2D eigenvalue weighted by atomic mass is 9.49. The lowest BCUT2D eigenvalue weighted by Crippen LogP contribution is -2.31. The molecule has 87 valence electrons. The lowest BCUT2D eigenvalue weighted by molar-refractivity contribution is 0.157. The van der Waals surface area contributed by atoms with E-state index in [1.165, 1.54) is 38.4 Å². The Morgan fingerprint density at radius 3 is 2.40 bits per heavy atom. The van der Waals surface area contributed by atoms with Gasteiger partial charge in [0.1, 0.15) is 7.28 Å². The molecule has 1 rings (SSSR count). The molecule has 0 nitrogen and oxygen atoms in total. The minimum absolute atomic E-state index is 0.865. The second kappa shape index (κ2) is 6.61. The van der Waals surface area contributed by atoms with Crippen LogP contribution in [0.4, 0.5) is 0 Å². The monoisotopic (exact) mass is 207 g/mol. The standard InChI is InChI=1S/C14H28B/c1-5-7-13-8-9-14(13)12(4)15-10-11(3)6-2/h11-14H,5-10H2,1-4H3. The van der Waals surface area contributed by atoms with Crippen LogP contribution >= 0.6 is 0 Å². The molecule has 1 aliphatic rings. The van der Waals surface area contributed by atoms with Gasteiger partial charge in [-0.05, 0) is 18.3 Å². The van der Waals surface area contributed by atoms with Gasteiger partial charge in [0.25, 0.3) is 0 Å². The van der Waals surface area contributed by atoms with Gasteiger partial charge >= 0.3 is 0 Å². The third-order valence-electron chi connectivity index (χ3n) is 4.42. The minimum Gasteiger partial charge on any atom is -0.0775 e. The third-order valence-corrected chi connectivity index (χ3v) is 4.42. The van der Waals surface area contributed by atoms with Gasteiger partial charge in [-0.1, -0.05) is 71.4 Å². The summed E-state index contributed by atoms with van der Waals surface area (Å²) >= 11 is 0. The number of rotatable bonds is 7. The summed E-state index contributed by atoms with van der Waals surface area (Å²) < 4.78 is 0. The van der Waals surface area contributed by atoms with Crippen LogP contribution in [0.3, 0.4) is 0 Å². The molecule has 0 spiro atoms. The fourth-order valence-corrected chi connectivity index (χ4v) is 2.80. The maximum absolute atomic E-state index is 2.60. The molecule has 0 saturated heterocycles. The summed E-state index contributed by atoms with van der Waals surface area (Å²) in [6.07, 6.45) is 8.48. The molecule has 0 heterocycles. The van der Waals surface area contributed by atoms with Gasteiger partial charge in [-0.2, -0.15) is 0 Å². The summed E-state index contributed by atoms with van der Waals surface area (Å²) in [4.78, 5) is 0. The van der Waals surface area contributed by atoms with E-state index in [1.807, 2.05) is 0 Å². The van der Waals surface area contributed by atoms with Crippen molar-refractivity contribution >= 4 is 7.28 Å². The van der Waals surface area contributed by atoms with Gasteiger partial charge < -0.3 is 0 Å². The van der Waals surface area contributed by atoms with Crippen LogP contribution in [0, 0.1) is 17.8 Å². The molecule has 0 N–H and O–H groups in total. The van der Waals surface area contributed by atoms with E-state index in [0.717, 1.165) is 23.6 Å². The molecule has 1 radical (unpaired) electrons. The average molecular weight is 207 g/mol. The number of hydrogen-bond acceptors (Lipinski definition) is 0. The lowest BCUT2D eigenvalue weighted by Gasteiger charge is -2.41. The highest BCUT2D eigenvalue weighted by Crippen LogP contribution is 2.44. The van der Waals surface area contributed by atoms with E-state index in [1.54, 1.807) is 0 Å². The Hall–Kier alpha value is 0.0649. The largest absolute Gasteiger partial charge is 0.113 e. The highest BCUT2D eigenvalue weighted by molar-refractivity contribution is 6.37. The van der Waals surface area contributed by atoms with Gasteiger partial charge in [-0.15, -0.1) is 0 Å². The summed E-state index contributed by atoms with van der Waals surface area (Å²) in [6, 6.07) is 0. The molecule has 0 aromatic heterocycles. The Morgan fingerprint density at radius 2 is 1.93 bits per heavy atom. The van der Waals surface area contributed by atoms with E-state index in [0.29, 0.717) is 0 Å². The molecule has 0 bridgehead atoms. The smallest absolute Gasteiger partial charge is 0.0775 e. The molecule has 4 unspecified atom stereocenters. The van der Waals surface area contributed by atoms with Crippen molar-refractivity contribution in [3.8, 4) is 0 Å².